The fraction of sp³-hybridized carbons (Fsp3) is 0.833. The Morgan fingerprint density at radius 2 is 1.86 bits per heavy atom. The third-order valence-corrected chi connectivity index (χ3v) is 1.57. The first-order valence-electron chi connectivity index (χ1n) is 3.99. The van der Waals surface area contributed by atoms with Crippen molar-refractivity contribution in [1.29, 1.82) is 0 Å². The smallest absolute Gasteiger partial charge is 0.157 e. The van der Waals surface area contributed by atoms with Gasteiger partial charge in [-0.1, -0.05) is 0 Å². The topological polar surface area (TPSA) is 150 Å². The Hall–Kier alpha value is -0.280. The number of halogens is 1. The van der Waals surface area contributed by atoms with Gasteiger partial charge in [0, 0.05) is 0 Å². The minimum absolute atomic E-state index is 0. The summed E-state index contributed by atoms with van der Waals surface area (Å²) in [6, 6.07) is 0. The van der Waals surface area contributed by atoms with Crippen molar-refractivity contribution in [1.82, 2.24) is 0 Å². The molecule has 14 heavy (non-hydrogen) atoms. The summed E-state index contributed by atoms with van der Waals surface area (Å²) in [5.74, 6) is 0. The van der Waals surface area contributed by atoms with E-state index < -0.39 is 36.8 Å². The Labute approximate surface area is 88.1 Å². The average Bonchev–Trinajstić information content (AvgIpc) is 2.13. The van der Waals surface area contributed by atoms with E-state index in [0.717, 1.165) is 0 Å². The largest absolute Gasteiger partial charge is 0.394 e. The van der Waals surface area contributed by atoms with E-state index in [1.165, 1.54) is 0 Å². The van der Waals surface area contributed by atoms with Crippen molar-refractivity contribution in [3.8, 4) is 0 Å². The molecular formula is C6H15ClN2O5. The quantitative estimate of drug-likeness (QED) is 0.210. The second kappa shape index (κ2) is 6.25. The van der Waals surface area contributed by atoms with Gasteiger partial charge in [0.15, 0.2) is 11.9 Å². The Kier molecular flexibility index (Phi) is 6.12. The summed E-state index contributed by atoms with van der Waals surface area (Å²) < 4.78 is 6.60. The summed E-state index contributed by atoms with van der Waals surface area (Å²) in [5.41, 5.74) is 7.59. The van der Waals surface area contributed by atoms with Crippen LogP contribution in [0.15, 0.2) is 0 Å². The van der Waals surface area contributed by atoms with Crippen molar-refractivity contribution in [2.24, 2.45) is 11.5 Å². The summed E-state index contributed by atoms with van der Waals surface area (Å²) in [6.45, 7) is -0.833. The second-order valence-corrected chi connectivity index (χ2v) is 2.72. The maximum atomic E-state index is 10.5. The van der Waals surface area contributed by atoms with Gasteiger partial charge in [0.1, 0.15) is 19.7 Å². The summed E-state index contributed by atoms with van der Waals surface area (Å²) >= 11 is 0. The van der Waals surface area contributed by atoms with Crippen LogP contribution in [0.3, 0.4) is 0 Å². The number of aliphatic hydroxyl groups excluding tert-OH is 4. The molecule has 0 saturated heterocycles. The van der Waals surface area contributed by atoms with E-state index in [2.05, 4.69) is 0 Å². The fourth-order valence-electron chi connectivity index (χ4n) is 0.661. The lowest BCUT2D eigenvalue weighted by Crippen LogP contribution is -2.65. The Balaban J connectivity index is 0. The Bertz CT molecular complexity index is 218. The molecule has 0 aromatic rings. The zero-order chi connectivity index (χ0) is 11.5. The molecule has 0 amide bonds. The van der Waals surface area contributed by atoms with Crippen LogP contribution in [-0.2, 0) is 4.79 Å². The Morgan fingerprint density at radius 1 is 1.43 bits per heavy atom. The normalized spacial score (nSPS) is 18.9. The molecule has 0 rings (SSSR count). The maximum Gasteiger partial charge on any atom is 0.157 e. The van der Waals surface area contributed by atoms with Gasteiger partial charge >= 0.3 is 0 Å². The fourth-order valence-corrected chi connectivity index (χ4v) is 0.661. The number of aldehydes is 1. The van der Waals surface area contributed by atoms with Crippen molar-refractivity contribution in [2.45, 2.75) is 24.0 Å². The first-order valence-corrected chi connectivity index (χ1v) is 3.49. The SMILES string of the molecule is Cl.[2H]C(=O)C(N)(N)[C@@H](O)[C@H](O)[C@H](O)CO. The molecule has 8 heteroatoms. The molecular weight excluding hydrogens is 216 g/mol. The third kappa shape index (κ3) is 3.84. The van der Waals surface area contributed by atoms with Gasteiger partial charge in [-0.15, -0.1) is 12.4 Å². The van der Waals surface area contributed by atoms with E-state index in [9.17, 15) is 9.90 Å². The van der Waals surface area contributed by atoms with Crippen LogP contribution in [0.2, 0.25) is 0 Å². The van der Waals surface area contributed by atoms with Crippen molar-refractivity contribution >= 4 is 18.7 Å². The highest BCUT2D eigenvalue weighted by atomic mass is 35.5. The molecule has 0 aliphatic heterocycles. The van der Waals surface area contributed by atoms with Gasteiger partial charge in [-0.05, 0) is 0 Å². The summed E-state index contributed by atoms with van der Waals surface area (Å²) in [4.78, 5) is 10.5. The molecule has 0 heterocycles. The maximum absolute atomic E-state index is 10.5. The van der Waals surface area contributed by atoms with E-state index >= 15 is 0 Å². The lowest BCUT2D eigenvalue weighted by molar-refractivity contribution is -0.128. The van der Waals surface area contributed by atoms with Gasteiger partial charge in [0.05, 0.1) is 6.61 Å². The van der Waals surface area contributed by atoms with Crippen LogP contribution in [0.4, 0.5) is 0 Å². The van der Waals surface area contributed by atoms with Gasteiger partial charge in [-0.25, -0.2) is 0 Å². The van der Waals surface area contributed by atoms with Crippen LogP contribution in [0, 0.1) is 0 Å². The lowest BCUT2D eigenvalue weighted by Gasteiger charge is -2.30. The number of rotatable bonds is 5. The van der Waals surface area contributed by atoms with Crippen molar-refractivity contribution in [2.75, 3.05) is 6.61 Å². The number of carbonyl (C=O) groups is 1. The van der Waals surface area contributed by atoms with E-state index in [1.54, 1.807) is 0 Å². The van der Waals surface area contributed by atoms with Gasteiger partial charge in [0.25, 0.3) is 0 Å². The van der Waals surface area contributed by atoms with E-state index in [0.29, 0.717) is 0 Å². The highest BCUT2D eigenvalue weighted by Crippen LogP contribution is 2.06. The van der Waals surface area contributed by atoms with E-state index in [1.807, 2.05) is 0 Å². The number of hydrogen-bond donors (Lipinski definition) is 6. The summed E-state index contributed by atoms with van der Waals surface area (Å²) in [6.07, 6.45) is -7.11. The van der Waals surface area contributed by atoms with Crippen LogP contribution >= 0.6 is 12.4 Å². The molecule has 0 unspecified atom stereocenters. The van der Waals surface area contributed by atoms with Gasteiger partial charge in [-0.2, -0.15) is 0 Å². The molecule has 7 nitrogen and oxygen atoms in total. The standard InChI is InChI=1S/C6H14N2O5.ClH/c7-6(8,2-10)5(13)4(12)3(11)1-9;/h2-5,9,11-13H,1,7-8H2;1H/t3-,4-,5+;/m1./s1/i2D;. The van der Waals surface area contributed by atoms with Gasteiger partial charge in [-0.3, -0.25) is 4.79 Å². The predicted molar refractivity (Wildman–Crippen MR) is 49.5 cm³/mol. The molecule has 0 aliphatic carbocycles. The second-order valence-electron chi connectivity index (χ2n) is 2.72. The van der Waals surface area contributed by atoms with Crippen molar-refractivity contribution < 1.29 is 26.6 Å². The molecule has 0 saturated carbocycles. The van der Waals surface area contributed by atoms with Crippen molar-refractivity contribution in [3.05, 3.63) is 0 Å². The molecule has 8 N–H and O–H groups in total. The summed E-state index contributed by atoms with van der Waals surface area (Å²) in [5, 5.41) is 35.6. The summed E-state index contributed by atoms with van der Waals surface area (Å²) in [7, 11) is 0. The average molecular weight is 232 g/mol. The van der Waals surface area contributed by atoms with Crippen molar-refractivity contribution in [3.63, 3.8) is 0 Å². The van der Waals surface area contributed by atoms with E-state index in [4.69, 9.17) is 28.2 Å². The zero-order valence-electron chi connectivity index (χ0n) is 8.20. The number of carbonyl (C=O) groups excluding carboxylic acids is 1. The monoisotopic (exact) mass is 231 g/mol. The molecule has 86 valence electrons. The Morgan fingerprint density at radius 3 is 2.14 bits per heavy atom. The lowest BCUT2D eigenvalue weighted by atomic mass is 9.98. The first-order chi connectivity index (χ1) is 6.25. The van der Waals surface area contributed by atoms with Crippen LogP contribution in [-0.4, -0.2) is 57.3 Å². The number of hydrogen-bond acceptors (Lipinski definition) is 7. The predicted octanol–water partition coefficient (Wildman–Crippen LogP) is -3.70. The number of nitrogens with two attached hydrogens (primary N) is 2. The molecule has 0 spiro atoms. The van der Waals surface area contributed by atoms with Crippen LogP contribution in [0.25, 0.3) is 0 Å². The highest BCUT2D eigenvalue weighted by molar-refractivity contribution is 5.85. The molecule has 0 radical (unpaired) electrons. The molecule has 0 fully saturated rings. The van der Waals surface area contributed by atoms with Gasteiger partial charge in [0.2, 0.25) is 0 Å². The highest BCUT2D eigenvalue weighted by Gasteiger charge is 2.37. The molecule has 3 atom stereocenters. The van der Waals surface area contributed by atoms with E-state index in [-0.39, 0.29) is 12.4 Å². The number of aliphatic hydroxyl groups is 4. The van der Waals surface area contributed by atoms with Gasteiger partial charge < -0.3 is 31.9 Å². The molecule has 0 bridgehead atoms. The minimum atomic E-state index is -2.48. The van der Waals surface area contributed by atoms with Crippen LogP contribution in [0.1, 0.15) is 1.37 Å². The minimum Gasteiger partial charge on any atom is -0.394 e. The molecule has 0 aliphatic rings. The zero-order valence-corrected chi connectivity index (χ0v) is 8.02. The first kappa shape index (κ1) is 13.7. The van der Waals surface area contributed by atoms with Crippen LogP contribution in [0.5, 0.6) is 0 Å². The third-order valence-electron chi connectivity index (χ3n) is 1.57. The molecule has 0 aromatic heterocycles. The van der Waals surface area contributed by atoms with Crippen LogP contribution < -0.4 is 11.5 Å². The molecule has 0 aromatic carbocycles.